The number of aliphatic hydroxyl groups excluding tert-OH is 1. The lowest BCUT2D eigenvalue weighted by Gasteiger charge is -2.38. The number of likely N-dealkylation sites (tertiary alicyclic amines) is 1. The Hall–Kier alpha value is -1.75. The first-order chi connectivity index (χ1) is 11.6. The fourth-order valence-corrected chi connectivity index (χ4v) is 3.54. The average Bonchev–Trinajstić information content (AvgIpc) is 2.63. The minimum atomic E-state index is -0.0367. The molecule has 0 aliphatic carbocycles. The second-order valence-electron chi connectivity index (χ2n) is 7.48. The topological polar surface area (TPSA) is 55.8 Å². The smallest absolute Gasteiger partial charge is 0.321 e. The molecule has 5 nitrogen and oxygen atoms in total. The van der Waals surface area contributed by atoms with Crippen LogP contribution in [0.1, 0.15) is 39.0 Å². The van der Waals surface area contributed by atoms with E-state index >= 15 is 0 Å². The van der Waals surface area contributed by atoms with Crippen molar-refractivity contribution in [2.75, 3.05) is 43.0 Å². The lowest BCUT2D eigenvalue weighted by molar-refractivity contribution is 0.0728. The number of urea groups is 1. The second-order valence-corrected chi connectivity index (χ2v) is 7.48. The molecule has 0 aromatic heterocycles. The number of amides is 2. The van der Waals surface area contributed by atoms with Crippen LogP contribution in [0, 0.1) is 5.41 Å². The van der Waals surface area contributed by atoms with Crippen LogP contribution in [0.25, 0.3) is 0 Å². The number of rotatable bonds is 3. The van der Waals surface area contributed by atoms with Crippen LogP contribution < -0.4 is 10.2 Å². The predicted molar refractivity (Wildman–Crippen MR) is 97.5 cm³/mol. The molecule has 2 fully saturated rings. The Morgan fingerprint density at radius 2 is 1.88 bits per heavy atom. The first kappa shape index (κ1) is 17.1. The van der Waals surface area contributed by atoms with Crippen molar-refractivity contribution in [2.45, 2.75) is 39.0 Å². The number of hydrogen-bond acceptors (Lipinski definition) is 3. The van der Waals surface area contributed by atoms with Gasteiger partial charge in [-0.25, -0.2) is 4.79 Å². The standard InChI is InChI=1S/C19H29N3O2/c1-19(15-23)8-12-22(13-9-19)18(24)20-16-6-5-7-17(14-16)21-10-3-2-4-11-21/h5-7,14,23H,2-4,8-13,15H2,1H3,(H,20,24). The summed E-state index contributed by atoms with van der Waals surface area (Å²) in [6.45, 7) is 5.89. The Morgan fingerprint density at radius 3 is 2.54 bits per heavy atom. The van der Waals surface area contributed by atoms with E-state index in [1.807, 2.05) is 17.0 Å². The van der Waals surface area contributed by atoms with Gasteiger partial charge in [0, 0.05) is 44.2 Å². The van der Waals surface area contributed by atoms with Crippen LogP contribution in [0.4, 0.5) is 16.2 Å². The molecule has 2 aliphatic heterocycles. The highest BCUT2D eigenvalue weighted by Gasteiger charge is 2.31. The largest absolute Gasteiger partial charge is 0.396 e. The maximum Gasteiger partial charge on any atom is 0.321 e. The van der Waals surface area contributed by atoms with Gasteiger partial charge in [-0.05, 0) is 55.7 Å². The summed E-state index contributed by atoms with van der Waals surface area (Å²) < 4.78 is 0. The lowest BCUT2D eigenvalue weighted by Crippen LogP contribution is -2.45. The summed E-state index contributed by atoms with van der Waals surface area (Å²) in [4.78, 5) is 16.7. The van der Waals surface area contributed by atoms with E-state index in [2.05, 4.69) is 29.3 Å². The van der Waals surface area contributed by atoms with Crippen LogP contribution in [0.5, 0.6) is 0 Å². The number of aliphatic hydroxyl groups is 1. The minimum absolute atomic E-state index is 0.0363. The Balaban J connectivity index is 1.58. The van der Waals surface area contributed by atoms with Gasteiger partial charge in [0.15, 0.2) is 0 Å². The summed E-state index contributed by atoms with van der Waals surface area (Å²) in [6, 6.07) is 8.12. The fourth-order valence-electron chi connectivity index (χ4n) is 3.54. The van der Waals surface area contributed by atoms with E-state index in [1.54, 1.807) is 0 Å². The maximum atomic E-state index is 12.5. The molecule has 1 aromatic carbocycles. The van der Waals surface area contributed by atoms with Crippen LogP contribution in [0.2, 0.25) is 0 Å². The third-order valence-corrected chi connectivity index (χ3v) is 5.46. The number of nitrogens with zero attached hydrogens (tertiary/aromatic N) is 2. The molecule has 2 saturated heterocycles. The molecule has 0 atom stereocenters. The molecule has 132 valence electrons. The molecule has 2 N–H and O–H groups in total. The number of benzene rings is 1. The van der Waals surface area contributed by atoms with E-state index in [0.717, 1.165) is 31.6 Å². The zero-order valence-corrected chi connectivity index (χ0v) is 14.6. The van der Waals surface area contributed by atoms with Crippen LogP contribution in [-0.4, -0.2) is 48.8 Å². The van der Waals surface area contributed by atoms with E-state index in [1.165, 1.54) is 24.9 Å². The van der Waals surface area contributed by atoms with Crippen molar-refractivity contribution < 1.29 is 9.90 Å². The van der Waals surface area contributed by atoms with Gasteiger partial charge in [0.1, 0.15) is 0 Å². The minimum Gasteiger partial charge on any atom is -0.396 e. The van der Waals surface area contributed by atoms with Crippen LogP contribution in [0.3, 0.4) is 0 Å². The summed E-state index contributed by atoms with van der Waals surface area (Å²) in [5.41, 5.74) is 2.02. The Morgan fingerprint density at radius 1 is 1.17 bits per heavy atom. The number of hydrogen-bond donors (Lipinski definition) is 2. The molecular formula is C19H29N3O2. The molecular weight excluding hydrogens is 302 g/mol. The highest BCUT2D eigenvalue weighted by Crippen LogP contribution is 2.30. The first-order valence-electron chi connectivity index (χ1n) is 9.11. The van der Waals surface area contributed by atoms with E-state index in [-0.39, 0.29) is 18.1 Å². The molecule has 3 rings (SSSR count). The van der Waals surface area contributed by atoms with Crippen molar-refractivity contribution >= 4 is 17.4 Å². The predicted octanol–water partition coefficient (Wildman–Crippen LogP) is 3.30. The Labute approximate surface area is 144 Å². The van der Waals surface area contributed by atoms with Gasteiger partial charge in [-0.15, -0.1) is 0 Å². The average molecular weight is 331 g/mol. The SMILES string of the molecule is CC1(CO)CCN(C(=O)Nc2cccc(N3CCCCC3)c2)CC1. The van der Waals surface area contributed by atoms with Crippen molar-refractivity contribution in [1.82, 2.24) is 4.90 Å². The van der Waals surface area contributed by atoms with Gasteiger partial charge in [-0.3, -0.25) is 0 Å². The van der Waals surface area contributed by atoms with Crippen molar-refractivity contribution in [3.8, 4) is 0 Å². The molecule has 0 radical (unpaired) electrons. The maximum absolute atomic E-state index is 12.5. The van der Waals surface area contributed by atoms with Gasteiger partial charge in [-0.2, -0.15) is 0 Å². The van der Waals surface area contributed by atoms with Crippen LogP contribution in [-0.2, 0) is 0 Å². The van der Waals surface area contributed by atoms with Gasteiger partial charge >= 0.3 is 6.03 Å². The van der Waals surface area contributed by atoms with Gasteiger partial charge in [0.25, 0.3) is 0 Å². The third kappa shape index (κ3) is 4.01. The summed E-state index contributed by atoms with van der Waals surface area (Å²) in [5.74, 6) is 0. The monoisotopic (exact) mass is 331 g/mol. The molecule has 2 amide bonds. The summed E-state index contributed by atoms with van der Waals surface area (Å²) in [6.07, 6.45) is 5.51. The molecule has 0 unspecified atom stereocenters. The quantitative estimate of drug-likeness (QED) is 0.893. The molecule has 24 heavy (non-hydrogen) atoms. The molecule has 2 heterocycles. The van der Waals surface area contributed by atoms with Gasteiger partial charge in [0.2, 0.25) is 0 Å². The van der Waals surface area contributed by atoms with Crippen molar-refractivity contribution in [3.63, 3.8) is 0 Å². The van der Waals surface area contributed by atoms with Gasteiger partial charge < -0.3 is 20.2 Å². The normalized spacial score (nSPS) is 20.8. The van der Waals surface area contributed by atoms with Crippen LogP contribution in [0.15, 0.2) is 24.3 Å². The van der Waals surface area contributed by atoms with E-state index in [9.17, 15) is 9.90 Å². The summed E-state index contributed by atoms with van der Waals surface area (Å²) in [5, 5.41) is 12.5. The third-order valence-electron chi connectivity index (χ3n) is 5.46. The molecule has 0 bridgehead atoms. The molecule has 2 aliphatic rings. The van der Waals surface area contributed by atoms with Crippen LogP contribution >= 0.6 is 0 Å². The molecule has 1 aromatic rings. The van der Waals surface area contributed by atoms with Crippen molar-refractivity contribution in [1.29, 1.82) is 0 Å². The van der Waals surface area contributed by atoms with Crippen molar-refractivity contribution in [2.24, 2.45) is 5.41 Å². The Kier molecular flexibility index (Phi) is 5.29. The van der Waals surface area contributed by atoms with E-state index in [4.69, 9.17) is 0 Å². The first-order valence-corrected chi connectivity index (χ1v) is 9.11. The number of carbonyl (C=O) groups excluding carboxylic acids is 1. The zero-order valence-electron chi connectivity index (χ0n) is 14.6. The molecule has 5 heteroatoms. The summed E-state index contributed by atoms with van der Waals surface area (Å²) >= 11 is 0. The highest BCUT2D eigenvalue weighted by molar-refractivity contribution is 5.90. The fraction of sp³-hybridized carbons (Fsp3) is 0.632. The van der Waals surface area contributed by atoms with Gasteiger partial charge in [0.05, 0.1) is 0 Å². The summed E-state index contributed by atoms with van der Waals surface area (Å²) in [7, 11) is 0. The van der Waals surface area contributed by atoms with E-state index in [0.29, 0.717) is 13.1 Å². The number of nitrogens with one attached hydrogen (secondary N) is 1. The molecule has 0 saturated carbocycles. The number of carbonyl (C=O) groups is 1. The number of piperidine rings is 2. The van der Waals surface area contributed by atoms with E-state index < -0.39 is 0 Å². The lowest BCUT2D eigenvalue weighted by atomic mass is 9.81. The van der Waals surface area contributed by atoms with Gasteiger partial charge in [-0.1, -0.05) is 13.0 Å². The zero-order chi connectivity index (χ0) is 17.0. The van der Waals surface area contributed by atoms with Crippen molar-refractivity contribution in [3.05, 3.63) is 24.3 Å². The highest BCUT2D eigenvalue weighted by atomic mass is 16.3. The Bertz CT molecular complexity index is 561. The second kappa shape index (κ2) is 7.43. The molecule has 0 spiro atoms. The number of anilines is 2.